The van der Waals surface area contributed by atoms with Gasteiger partial charge in [-0.05, 0) is 37.3 Å². The van der Waals surface area contributed by atoms with Crippen molar-refractivity contribution in [3.63, 3.8) is 0 Å². The van der Waals surface area contributed by atoms with Gasteiger partial charge in [-0.1, -0.05) is 17.8 Å². The van der Waals surface area contributed by atoms with Gasteiger partial charge in [0, 0.05) is 17.7 Å². The topological polar surface area (TPSA) is 97.6 Å². The average Bonchev–Trinajstić information content (AvgIpc) is 3.04. The maximum Gasteiger partial charge on any atom is 0.344 e. The summed E-state index contributed by atoms with van der Waals surface area (Å²) in [5.74, 6) is 0.211. The minimum absolute atomic E-state index is 0.00587. The van der Waals surface area contributed by atoms with E-state index in [0.29, 0.717) is 32.7 Å². The molecule has 30 heavy (non-hydrogen) atoms. The van der Waals surface area contributed by atoms with E-state index >= 15 is 0 Å². The number of methoxy groups -OCH3 is 2. The number of benzene rings is 2. The Labute approximate surface area is 178 Å². The molecule has 0 spiro atoms. The van der Waals surface area contributed by atoms with Gasteiger partial charge in [-0.15, -0.1) is 0 Å². The maximum absolute atomic E-state index is 12.5. The molecular formula is C22H21NO6S. The van der Waals surface area contributed by atoms with Crippen LogP contribution in [-0.2, 0) is 9.53 Å². The molecule has 0 saturated carbocycles. The summed E-state index contributed by atoms with van der Waals surface area (Å²) in [6, 6.07) is 11.7. The first-order chi connectivity index (χ1) is 14.5. The van der Waals surface area contributed by atoms with Crippen molar-refractivity contribution in [3.8, 4) is 17.2 Å². The number of rotatable bonds is 6. The molecule has 0 amide bonds. The van der Waals surface area contributed by atoms with Crippen LogP contribution in [0.2, 0.25) is 0 Å². The first kappa shape index (κ1) is 21.3. The zero-order valence-corrected chi connectivity index (χ0v) is 17.5. The monoisotopic (exact) mass is 427 g/mol. The van der Waals surface area contributed by atoms with E-state index in [-0.39, 0.29) is 23.7 Å². The van der Waals surface area contributed by atoms with Crippen LogP contribution < -0.4 is 9.47 Å². The van der Waals surface area contributed by atoms with Gasteiger partial charge in [-0.3, -0.25) is 0 Å². The van der Waals surface area contributed by atoms with Gasteiger partial charge in [0.05, 0.1) is 31.4 Å². The second-order valence-electron chi connectivity index (χ2n) is 6.10. The number of ether oxygens (including phenoxy) is 3. The van der Waals surface area contributed by atoms with Crippen molar-refractivity contribution in [1.82, 2.24) is 0 Å². The van der Waals surface area contributed by atoms with Crippen molar-refractivity contribution in [3.05, 3.63) is 64.3 Å². The Hall–Kier alpha value is -3.39. The van der Waals surface area contributed by atoms with E-state index in [4.69, 9.17) is 14.2 Å². The molecule has 0 fully saturated rings. The highest BCUT2D eigenvalue weighted by molar-refractivity contribution is 8.18. The van der Waals surface area contributed by atoms with Gasteiger partial charge in [0.1, 0.15) is 33.6 Å². The van der Waals surface area contributed by atoms with E-state index in [9.17, 15) is 15.0 Å². The number of phenols is 1. The number of hydrogen-bond donors (Lipinski definition) is 2. The molecule has 2 aromatic carbocycles. The number of aromatic hydroxyl groups is 1. The van der Waals surface area contributed by atoms with Crippen molar-refractivity contribution < 1.29 is 29.2 Å². The summed E-state index contributed by atoms with van der Waals surface area (Å²) in [4.78, 5) is 17.4. The predicted molar refractivity (Wildman–Crippen MR) is 117 cm³/mol. The molecule has 0 aromatic heterocycles. The molecule has 7 nitrogen and oxygen atoms in total. The Balaban J connectivity index is 2.07. The molecule has 2 aromatic rings. The lowest BCUT2D eigenvalue weighted by molar-refractivity contribution is -0.138. The van der Waals surface area contributed by atoms with Crippen LogP contribution in [0.1, 0.15) is 12.5 Å². The summed E-state index contributed by atoms with van der Waals surface area (Å²) in [5, 5.41) is 20.7. The quantitative estimate of drug-likeness (QED) is 0.650. The highest BCUT2D eigenvalue weighted by atomic mass is 32.2. The first-order valence-electron chi connectivity index (χ1n) is 9.07. The third-order valence-corrected chi connectivity index (χ3v) is 5.18. The molecule has 0 unspecified atom stereocenters. The van der Waals surface area contributed by atoms with Gasteiger partial charge in [0.25, 0.3) is 0 Å². The molecular weight excluding hydrogens is 406 g/mol. The SMILES string of the molecule is CCOC(=O)C1=C(O)/C(=C\c2ccc(O)cc2OC)SC1=Nc1cccc(OC)c1. The lowest BCUT2D eigenvalue weighted by atomic mass is 10.1. The molecule has 8 heteroatoms. The number of phenolic OH excluding ortho intramolecular Hbond substituents is 1. The summed E-state index contributed by atoms with van der Waals surface area (Å²) >= 11 is 1.13. The van der Waals surface area contributed by atoms with Crippen LogP contribution in [0.4, 0.5) is 5.69 Å². The minimum atomic E-state index is -0.662. The standard InChI is InChI=1S/C22H21NO6S/c1-4-29-22(26)19-20(25)18(10-13-8-9-15(24)12-17(13)28-3)30-21(19)23-14-6-5-7-16(11-14)27-2/h5-12,24-25H,4H2,1-3H3/b18-10+,23-21?. The Bertz CT molecular complexity index is 1060. The van der Waals surface area contributed by atoms with Crippen LogP contribution in [-0.4, -0.2) is 42.1 Å². The van der Waals surface area contributed by atoms with Crippen molar-refractivity contribution in [1.29, 1.82) is 0 Å². The predicted octanol–water partition coefficient (Wildman–Crippen LogP) is 4.60. The lowest BCUT2D eigenvalue weighted by Gasteiger charge is -2.06. The molecule has 156 valence electrons. The Morgan fingerprint density at radius 2 is 1.93 bits per heavy atom. The van der Waals surface area contributed by atoms with Crippen LogP contribution in [0, 0.1) is 0 Å². The second-order valence-corrected chi connectivity index (χ2v) is 7.13. The number of carbonyl (C=O) groups is 1. The fourth-order valence-electron chi connectivity index (χ4n) is 2.75. The highest BCUT2D eigenvalue weighted by Crippen LogP contribution is 2.41. The van der Waals surface area contributed by atoms with E-state index < -0.39 is 5.97 Å². The van der Waals surface area contributed by atoms with Crippen molar-refractivity contribution >= 4 is 34.5 Å². The Kier molecular flexibility index (Phi) is 6.68. The minimum Gasteiger partial charge on any atom is -0.508 e. The summed E-state index contributed by atoms with van der Waals surface area (Å²) < 4.78 is 15.6. The molecule has 2 N–H and O–H groups in total. The van der Waals surface area contributed by atoms with Gasteiger partial charge < -0.3 is 24.4 Å². The molecule has 0 radical (unpaired) electrons. The number of carbonyl (C=O) groups excluding carboxylic acids is 1. The van der Waals surface area contributed by atoms with Gasteiger partial charge >= 0.3 is 5.97 Å². The molecule has 0 bridgehead atoms. The summed E-state index contributed by atoms with van der Waals surface area (Å²) in [5.41, 5.74) is 1.18. The number of esters is 1. The van der Waals surface area contributed by atoms with E-state index in [2.05, 4.69) is 4.99 Å². The normalized spacial score (nSPS) is 16.2. The number of nitrogens with zero attached hydrogens (tertiary/aromatic N) is 1. The molecule has 0 atom stereocenters. The highest BCUT2D eigenvalue weighted by Gasteiger charge is 2.33. The van der Waals surface area contributed by atoms with Gasteiger partial charge in [-0.2, -0.15) is 0 Å². The third-order valence-electron chi connectivity index (χ3n) is 4.16. The van der Waals surface area contributed by atoms with Crippen molar-refractivity contribution in [2.45, 2.75) is 6.92 Å². The van der Waals surface area contributed by atoms with Crippen LogP contribution in [0.3, 0.4) is 0 Å². The number of aliphatic hydroxyl groups excluding tert-OH is 1. The zero-order chi connectivity index (χ0) is 21.7. The maximum atomic E-state index is 12.5. The van der Waals surface area contributed by atoms with Gasteiger partial charge in [0.2, 0.25) is 0 Å². The molecule has 3 rings (SSSR count). The van der Waals surface area contributed by atoms with E-state index in [1.807, 2.05) is 0 Å². The largest absolute Gasteiger partial charge is 0.508 e. The smallest absolute Gasteiger partial charge is 0.344 e. The van der Waals surface area contributed by atoms with Crippen LogP contribution in [0.5, 0.6) is 17.2 Å². The van der Waals surface area contributed by atoms with Gasteiger partial charge in [0.15, 0.2) is 0 Å². The number of thioether (sulfide) groups is 1. The van der Waals surface area contributed by atoms with Crippen molar-refractivity contribution in [2.24, 2.45) is 4.99 Å². The number of hydrogen-bond acceptors (Lipinski definition) is 8. The van der Waals surface area contributed by atoms with Crippen molar-refractivity contribution in [2.75, 3.05) is 20.8 Å². The van der Waals surface area contributed by atoms with Crippen LogP contribution in [0.15, 0.2) is 63.7 Å². The molecule has 0 saturated heterocycles. The van der Waals surface area contributed by atoms with E-state index in [1.165, 1.54) is 19.2 Å². The molecule has 1 heterocycles. The first-order valence-corrected chi connectivity index (χ1v) is 9.88. The molecule has 1 aliphatic rings. The fourth-order valence-corrected chi connectivity index (χ4v) is 3.78. The number of aliphatic imine (C=N–C) groups is 1. The van der Waals surface area contributed by atoms with Crippen LogP contribution in [0.25, 0.3) is 6.08 Å². The second kappa shape index (κ2) is 9.41. The molecule has 0 aliphatic carbocycles. The zero-order valence-electron chi connectivity index (χ0n) is 16.7. The summed E-state index contributed by atoms with van der Waals surface area (Å²) in [7, 11) is 3.03. The average molecular weight is 427 g/mol. The Morgan fingerprint density at radius 1 is 1.13 bits per heavy atom. The van der Waals surface area contributed by atoms with E-state index in [1.54, 1.807) is 50.4 Å². The van der Waals surface area contributed by atoms with E-state index in [0.717, 1.165) is 11.8 Å². The summed E-state index contributed by atoms with van der Waals surface area (Å²) in [6.07, 6.45) is 1.66. The summed E-state index contributed by atoms with van der Waals surface area (Å²) in [6.45, 7) is 1.85. The third kappa shape index (κ3) is 4.60. The van der Waals surface area contributed by atoms with Gasteiger partial charge in [-0.25, -0.2) is 9.79 Å². The molecule has 1 aliphatic heterocycles. The Morgan fingerprint density at radius 3 is 2.63 bits per heavy atom. The van der Waals surface area contributed by atoms with Crippen LogP contribution >= 0.6 is 11.8 Å². The lowest BCUT2D eigenvalue weighted by Crippen LogP contribution is -2.12. The number of aliphatic hydroxyl groups is 1. The fraction of sp³-hybridized carbons (Fsp3) is 0.182.